The Morgan fingerprint density at radius 2 is 1.95 bits per heavy atom. The predicted octanol–water partition coefficient (Wildman–Crippen LogP) is 2.56. The second kappa shape index (κ2) is 6.05. The maximum atomic E-state index is 11.7. The van der Waals surface area contributed by atoms with Crippen LogP contribution in [0.15, 0.2) is 0 Å². The highest BCUT2D eigenvalue weighted by Gasteiger charge is 2.53. The third-order valence-corrected chi connectivity index (χ3v) is 5.89. The zero-order chi connectivity index (χ0) is 14.1. The normalized spacial score (nSPS) is 38.5. The maximum absolute atomic E-state index is 11.7. The van der Waals surface area contributed by atoms with E-state index in [1.807, 2.05) is 0 Å². The fourth-order valence-corrected chi connectivity index (χ4v) is 5.08. The van der Waals surface area contributed by atoms with Gasteiger partial charge in [0.1, 0.15) is 0 Å². The lowest BCUT2D eigenvalue weighted by Gasteiger charge is -2.32. The fourth-order valence-electron chi connectivity index (χ4n) is 5.08. The summed E-state index contributed by atoms with van der Waals surface area (Å²) >= 11 is 0. The number of hydrogen-bond donors (Lipinski definition) is 2. The topological polar surface area (TPSA) is 41.1 Å². The fraction of sp³-hybridized carbons (Fsp3) is 0.941. The van der Waals surface area contributed by atoms with Gasteiger partial charge in [-0.1, -0.05) is 20.3 Å². The lowest BCUT2D eigenvalue weighted by Crippen LogP contribution is -2.41. The van der Waals surface area contributed by atoms with Gasteiger partial charge in [0.15, 0.2) is 0 Å². The number of carbonyl (C=O) groups excluding carboxylic acids is 1. The van der Waals surface area contributed by atoms with Gasteiger partial charge in [-0.25, -0.2) is 0 Å². The minimum Gasteiger partial charge on any atom is -0.356 e. The molecule has 0 aromatic rings. The number of rotatable bonds is 6. The molecule has 0 heterocycles. The van der Waals surface area contributed by atoms with Gasteiger partial charge in [-0.15, -0.1) is 0 Å². The van der Waals surface area contributed by atoms with Crippen molar-refractivity contribution in [3.63, 3.8) is 0 Å². The van der Waals surface area contributed by atoms with Crippen LogP contribution >= 0.6 is 0 Å². The monoisotopic (exact) mass is 278 g/mol. The molecule has 3 rings (SSSR count). The van der Waals surface area contributed by atoms with Crippen molar-refractivity contribution in [2.24, 2.45) is 29.6 Å². The highest BCUT2D eigenvalue weighted by Crippen LogP contribution is 2.58. The van der Waals surface area contributed by atoms with Gasteiger partial charge in [0, 0.05) is 25.6 Å². The van der Waals surface area contributed by atoms with Gasteiger partial charge >= 0.3 is 0 Å². The number of nitrogens with one attached hydrogen (secondary N) is 2. The second-order valence-electron chi connectivity index (χ2n) is 7.66. The third-order valence-electron chi connectivity index (χ3n) is 5.89. The molecule has 3 aliphatic rings. The molecule has 2 N–H and O–H groups in total. The average molecular weight is 278 g/mol. The Morgan fingerprint density at radius 1 is 1.15 bits per heavy atom. The zero-order valence-electron chi connectivity index (χ0n) is 13.0. The largest absolute Gasteiger partial charge is 0.356 e. The molecule has 0 aromatic carbocycles. The van der Waals surface area contributed by atoms with Crippen LogP contribution in [0.2, 0.25) is 0 Å². The zero-order valence-corrected chi connectivity index (χ0v) is 13.0. The van der Waals surface area contributed by atoms with Crippen LogP contribution in [0.5, 0.6) is 0 Å². The van der Waals surface area contributed by atoms with Crippen molar-refractivity contribution in [3.8, 4) is 0 Å². The van der Waals surface area contributed by atoms with E-state index in [-0.39, 0.29) is 5.91 Å². The SMILES string of the molecule is CC(C)CNC(=O)CCNC1CC2CC1C1CCCC21. The van der Waals surface area contributed by atoms with Gasteiger partial charge in [0.25, 0.3) is 0 Å². The molecule has 0 saturated heterocycles. The first-order chi connectivity index (χ1) is 9.65. The van der Waals surface area contributed by atoms with E-state index < -0.39 is 0 Å². The highest BCUT2D eigenvalue weighted by atomic mass is 16.1. The molecule has 114 valence electrons. The summed E-state index contributed by atoms with van der Waals surface area (Å²) in [4.78, 5) is 11.7. The Kier molecular flexibility index (Phi) is 4.34. The van der Waals surface area contributed by atoms with Crippen LogP contribution in [0.3, 0.4) is 0 Å². The Bertz CT molecular complexity index is 355. The minimum atomic E-state index is 0.202. The Hall–Kier alpha value is -0.570. The summed E-state index contributed by atoms with van der Waals surface area (Å²) in [6, 6.07) is 0.706. The van der Waals surface area contributed by atoms with Crippen molar-refractivity contribution < 1.29 is 4.79 Å². The molecule has 3 heteroatoms. The molecule has 0 aromatic heterocycles. The molecule has 0 spiro atoms. The first-order valence-corrected chi connectivity index (χ1v) is 8.65. The number of hydrogen-bond acceptors (Lipinski definition) is 2. The predicted molar refractivity (Wildman–Crippen MR) is 81.3 cm³/mol. The number of carbonyl (C=O) groups is 1. The van der Waals surface area contributed by atoms with E-state index in [0.717, 1.165) is 36.8 Å². The van der Waals surface area contributed by atoms with Crippen molar-refractivity contribution in [2.75, 3.05) is 13.1 Å². The lowest BCUT2D eigenvalue weighted by atomic mass is 9.79. The van der Waals surface area contributed by atoms with Crippen molar-refractivity contribution in [1.29, 1.82) is 0 Å². The number of fused-ring (bicyclic) bond motifs is 5. The summed E-state index contributed by atoms with van der Waals surface area (Å²) in [6.45, 7) is 5.92. The third kappa shape index (κ3) is 2.88. The average Bonchev–Trinajstić information content (AvgIpc) is 3.08. The molecule has 0 aliphatic heterocycles. The van der Waals surface area contributed by atoms with Crippen LogP contribution in [-0.4, -0.2) is 25.0 Å². The van der Waals surface area contributed by atoms with E-state index >= 15 is 0 Å². The minimum absolute atomic E-state index is 0.202. The molecule has 5 unspecified atom stereocenters. The van der Waals surface area contributed by atoms with Gasteiger partial charge in [0.05, 0.1) is 0 Å². The van der Waals surface area contributed by atoms with E-state index in [4.69, 9.17) is 0 Å². The molecule has 1 amide bonds. The Morgan fingerprint density at radius 3 is 2.75 bits per heavy atom. The van der Waals surface area contributed by atoms with Gasteiger partial charge in [0.2, 0.25) is 5.91 Å². The van der Waals surface area contributed by atoms with E-state index in [0.29, 0.717) is 18.4 Å². The first-order valence-electron chi connectivity index (χ1n) is 8.65. The standard InChI is InChI=1S/C17H30N2O/c1-11(2)10-19-17(20)6-7-18-16-9-12-8-15(16)14-5-3-4-13(12)14/h11-16,18H,3-10H2,1-2H3,(H,19,20). The summed E-state index contributed by atoms with van der Waals surface area (Å²) in [6.07, 6.45) is 7.91. The maximum Gasteiger partial charge on any atom is 0.221 e. The first kappa shape index (κ1) is 14.4. The van der Waals surface area contributed by atoms with Crippen LogP contribution in [-0.2, 0) is 4.79 Å². The molecule has 3 saturated carbocycles. The molecule has 3 fully saturated rings. The molecule has 2 bridgehead atoms. The van der Waals surface area contributed by atoms with Crippen molar-refractivity contribution in [2.45, 2.75) is 58.4 Å². The van der Waals surface area contributed by atoms with Crippen molar-refractivity contribution >= 4 is 5.91 Å². The summed E-state index contributed by atoms with van der Waals surface area (Å²) in [5.74, 6) is 4.74. The molecule has 3 nitrogen and oxygen atoms in total. The molecule has 5 atom stereocenters. The second-order valence-corrected chi connectivity index (χ2v) is 7.66. The Labute approximate surface area is 123 Å². The summed E-state index contributed by atoms with van der Waals surface area (Å²) in [5.41, 5.74) is 0. The van der Waals surface area contributed by atoms with Crippen LogP contribution in [0.25, 0.3) is 0 Å². The van der Waals surface area contributed by atoms with Gasteiger partial charge in [-0.05, 0) is 55.3 Å². The van der Waals surface area contributed by atoms with E-state index in [1.54, 1.807) is 0 Å². The van der Waals surface area contributed by atoms with E-state index in [1.165, 1.54) is 32.1 Å². The van der Waals surface area contributed by atoms with Crippen LogP contribution in [0.1, 0.15) is 52.4 Å². The van der Waals surface area contributed by atoms with Crippen molar-refractivity contribution in [1.82, 2.24) is 10.6 Å². The van der Waals surface area contributed by atoms with Crippen LogP contribution in [0, 0.1) is 29.6 Å². The van der Waals surface area contributed by atoms with E-state index in [9.17, 15) is 4.79 Å². The van der Waals surface area contributed by atoms with Gasteiger partial charge in [-0.3, -0.25) is 4.79 Å². The molecular weight excluding hydrogens is 248 g/mol. The van der Waals surface area contributed by atoms with Crippen LogP contribution < -0.4 is 10.6 Å². The molecule has 0 radical (unpaired) electrons. The highest BCUT2D eigenvalue weighted by molar-refractivity contribution is 5.76. The van der Waals surface area contributed by atoms with Gasteiger partial charge in [-0.2, -0.15) is 0 Å². The summed E-state index contributed by atoms with van der Waals surface area (Å²) in [5, 5.41) is 6.68. The molecular formula is C17H30N2O. The summed E-state index contributed by atoms with van der Waals surface area (Å²) < 4.78 is 0. The summed E-state index contributed by atoms with van der Waals surface area (Å²) in [7, 11) is 0. The Balaban J connectivity index is 1.37. The lowest BCUT2D eigenvalue weighted by molar-refractivity contribution is -0.121. The van der Waals surface area contributed by atoms with Crippen LogP contribution in [0.4, 0.5) is 0 Å². The smallest absolute Gasteiger partial charge is 0.221 e. The number of amides is 1. The van der Waals surface area contributed by atoms with Gasteiger partial charge < -0.3 is 10.6 Å². The van der Waals surface area contributed by atoms with E-state index in [2.05, 4.69) is 24.5 Å². The quantitative estimate of drug-likeness (QED) is 0.784. The molecule has 3 aliphatic carbocycles. The van der Waals surface area contributed by atoms with Crippen molar-refractivity contribution in [3.05, 3.63) is 0 Å². The molecule has 20 heavy (non-hydrogen) atoms.